The van der Waals surface area contributed by atoms with Gasteiger partial charge in [-0.2, -0.15) is 0 Å². The van der Waals surface area contributed by atoms with Crippen molar-refractivity contribution in [2.45, 2.75) is 18.8 Å². The quantitative estimate of drug-likeness (QED) is 0.918. The fraction of sp³-hybridized carbons (Fsp3) is 0.294. The number of carbonyl (C=O) groups is 1. The Morgan fingerprint density at radius 1 is 1.26 bits per heavy atom. The lowest BCUT2D eigenvalue weighted by Crippen LogP contribution is -2.35. The third-order valence-corrected chi connectivity index (χ3v) is 4.18. The summed E-state index contributed by atoms with van der Waals surface area (Å²) in [4.78, 5) is 18.4. The first-order chi connectivity index (χ1) is 11.1. The summed E-state index contributed by atoms with van der Waals surface area (Å²) in [6.07, 6.45) is 1.17. The maximum absolute atomic E-state index is 12.7. The van der Waals surface area contributed by atoms with Gasteiger partial charge < -0.3 is 14.6 Å². The second-order valence-electron chi connectivity index (χ2n) is 5.75. The molecule has 2 aliphatic heterocycles. The molecule has 118 valence electrons. The van der Waals surface area contributed by atoms with Crippen LogP contribution in [0.2, 0.25) is 0 Å². The van der Waals surface area contributed by atoms with E-state index in [1.165, 1.54) is 11.8 Å². The molecule has 0 aliphatic carbocycles. The number of anilines is 2. The fourth-order valence-electron chi connectivity index (χ4n) is 3.00. The summed E-state index contributed by atoms with van der Waals surface area (Å²) < 4.78 is 11.0. The molecular formula is C17H16N2O4. The maximum atomic E-state index is 12.7. The highest BCUT2D eigenvalue weighted by Gasteiger charge is 2.47. The smallest absolute Gasteiger partial charge is 0.269 e. The van der Waals surface area contributed by atoms with E-state index in [1.54, 1.807) is 36.5 Å². The molecule has 0 spiro atoms. The minimum atomic E-state index is -1.56. The van der Waals surface area contributed by atoms with Crippen LogP contribution in [0.15, 0.2) is 42.6 Å². The average molecular weight is 312 g/mol. The summed E-state index contributed by atoms with van der Waals surface area (Å²) in [6.45, 7) is 2.59. The molecular weight excluding hydrogens is 296 g/mol. The molecule has 1 aromatic carbocycles. The highest BCUT2D eigenvalue weighted by atomic mass is 16.7. The number of hydrogen-bond donors (Lipinski definition) is 1. The van der Waals surface area contributed by atoms with Gasteiger partial charge in [-0.05, 0) is 25.1 Å². The Kier molecular flexibility index (Phi) is 3.19. The Hall–Kier alpha value is -2.28. The van der Waals surface area contributed by atoms with E-state index in [4.69, 9.17) is 9.47 Å². The molecule has 1 fully saturated rings. The zero-order valence-corrected chi connectivity index (χ0v) is 12.6. The molecule has 1 saturated heterocycles. The van der Waals surface area contributed by atoms with Crippen LogP contribution in [0.1, 0.15) is 24.3 Å². The van der Waals surface area contributed by atoms with Gasteiger partial charge in [0.25, 0.3) is 5.91 Å². The molecule has 0 bridgehead atoms. The van der Waals surface area contributed by atoms with Gasteiger partial charge in [0, 0.05) is 17.3 Å². The van der Waals surface area contributed by atoms with Gasteiger partial charge in [0.15, 0.2) is 11.9 Å². The Morgan fingerprint density at radius 3 is 2.78 bits per heavy atom. The number of rotatable bonds is 2. The number of aliphatic hydroxyl groups is 1. The van der Waals surface area contributed by atoms with E-state index >= 15 is 0 Å². The Morgan fingerprint density at radius 2 is 2.00 bits per heavy atom. The van der Waals surface area contributed by atoms with Crippen LogP contribution in [0.3, 0.4) is 0 Å². The highest BCUT2D eigenvalue weighted by molar-refractivity contribution is 6.11. The molecule has 1 N–H and O–H groups in total. The summed E-state index contributed by atoms with van der Waals surface area (Å²) in [7, 11) is 0. The van der Waals surface area contributed by atoms with Gasteiger partial charge in [0.2, 0.25) is 0 Å². The molecule has 2 aliphatic rings. The minimum absolute atomic E-state index is 0.420. The van der Waals surface area contributed by atoms with Gasteiger partial charge in [-0.1, -0.05) is 18.2 Å². The zero-order valence-electron chi connectivity index (χ0n) is 12.6. The van der Waals surface area contributed by atoms with Gasteiger partial charge >= 0.3 is 0 Å². The predicted molar refractivity (Wildman–Crippen MR) is 82.0 cm³/mol. The first-order valence-corrected chi connectivity index (χ1v) is 7.44. The zero-order chi connectivity index (χ0) is 16.0. The first-order valence-electron chi connectivity index (χ1n) is 7.44. The maximum Gasteiger partial charge on any atom is 0.269 e. The third-order valence-electron chi connectivity index (χ3n) is 4.18. The molecule has 1 unspecified atom stereocenters. The fourth-order valence-corrected chi connectivity index (χ4v) is 3.00. The van der Waals surface area contributed by atoms with Crippen LogP contribution < -0.4 is 4.90 Å². The first kappa shape index (κ1) is 14.3. The van der Waals surface area contributed by atoms with Crippen molar-refractivity contribution in [3.63, 3.8) is 0 Å². The minimum Gasteiger partial charge on any atom is -0.375 e. The summed E-state index contributed by atoms with van der Waals surface area (Å²) in [6, 6.07) is 10.7. The Bertz CT molecular complexity index is 769. The van der Waals surface area contributed by atoms with E-state index in [2.05, 4.69) is 4.98 Å². The van der Waals surface area contributed by atoms with E-state index in [0.29, 0.717) is 30.3 Å². The molecule has 6 nitrogen and oxygen atoms in total. The molecule has 1 atom stereocenters. The van der Waals surface area contributed by atoms with E-state index in [9.17, 15) is 9.90 Å². The molecule has 1 aromatic heterocycles. The molecule has 23 heavy (non-hydrogen) atoms. The molecule has 4 rings (SSSR count). The van der Waals surface area contributed by atoms with Crippen molar-refractivity contribution in [3.05, 3.63) is 53.7 Å². The summed E-state index contributed by atoms with van der Waals surface area (Å²) in [5, 5.41) is 10.6. The van der Waals surface area contributed by atoms with Crippen molar-refractivity contribution in [2.75, 3.05) is 18.1 Å². The monoisotopic (exact) mass is 312 g/mol. The standard InChI is InChI=1S/C17H16N2O4/c1-17(21)12-4-2-3-5-13(12)19(16(17)20)14-10-11(6-7-18-14)15-22-8-9-23-15/h2-7,10,15,21H,8-9H2,1H3. The number of carbonyl (C=O) groups excluding carboxylic acids is 1. The Labute approximate surface area is 133 Å². The number of aromatic nitrogens is 1. The van der Waals surface area contributed by atoms with Gasteiger partial charge in [0.05, 0.1) is 18.9 Å². The van der Waals surface area contributed by atoms with Crippen LogP contribution in [-0.4, -0.2) is 29.2 Å². The topological polar surface area (TPSA) is 71.9 Å². The molecule has 2 aromatic rings. The second-order valence-corrected chi connectivity index (χ2v) is 5.75. The van der Waals surface area contributed by atoms with Crippen LogP contribution in [0, 0.1) is 0 Å². The van der Waals surface area contributed by atoms with E-state index < -0.39 is 17.8 Å². The van der Waals surface area contributed by atoms with Crippen molar-refractivity contribution < 1.29 is 19.4 Å². The summed E-state index contributed by atoms with van der Waals surface area (Å²) >= 11 is 0. The van der Waals surface area contributed by atoms with E-state index in [0.717, 1.165) is 5.56 Å². The largest absolute Gasteiger partial charge is 0.375 e. The number of nitrogens with zero attached hydrogens (tertiary/aromatic N) is 2. The SMILES string of the molecule is CC1(O)C(=O)N(c2cc(C3OCCO3)ccn2)c2ccccc21. The van der Waals surface area contributed by atoms with Crippen molar-refractivity contribution >= 4 is 17.4 Å². The van der Waals surface area contributed by atoms with E-state index in [-0.39, 0.29) is 0 Å². The van der Waals surface area contributed by atoms with Crippen molar-refractivity contribution in [1.82, 2.24) is 4.98 Å². The van der Waals surface area contributed by atoms with Crippen LogP contribution in [0.4, 0.5) is 11.5 Å². The number of ether oxygens (including phenoxy) is 2. The normalized spacial score (nSPS) is 24.3. The van der Waals surface area contributed by atoms with Gasteiger partial charge in [-0.25, -0.2) is 4.98 Å². The molecule has 0 saturated carbocycles. The molecule has 0 radical (unpaired) electrons. The van der Waals surface area contributed by atoms with Crippen LogP contribution in [0.25, 0.3) is 0 Å². The lowest BCUT2D eigenvalue weighted by Gasteiger charge is -2.20. The molecule has 1 amide bonds. The van der Waals surface area contributed by atoms with Gasteiger partial charge in [0.1, 0.15) is 5.82 Å². The second kappa shape index (κ2) is 5.13. The van der Waals surface area contributed by atoms with Crippen molar-refractivity contribution in [3.8, 4) is 0 Å². The number of para-hydroxylation sites is 1. The number of amides is 1. The van der Waals surface area contributed by atoms with Crippen LogP contribution >= 0.6 is 0 Å². The lowest BCUT2D eigenvalue weighted by molar-refractivity contribution is -0.133. The van der Waals surface area contributed by atoms with Crippen LogP contribution in [-0.2, 0) is 19.9 Å². The summed E-state index contributed by atoms with van der Waals surface area (Å²) in [5.41, 5.74) is 0.449. The molecule has 6 heteroatoms. The number of benzene rings is 1. The van der Waals surface area contributed by atoms with Crippen LogP contribution in [0.5, 0.6) is 0 Å². The summed E-state index contributed by atoms with van der Waals surface area (Å²) in [5.74, 6) is 0.0217. The molecule has 3 heterocycles. The highest BCUT2D eigenvalue weighted by Crippen LogP contribution is 2.43. The van der Waals surface area contributed by atoms with Crippen molar-refractivity contribution in [1.29, 1.82) is 0 Å². The third kappa shape index (κ3) is 2.15. The number of pyridine rings is 1. The van der Waals surface area contributed by atoms with Gasteiger partial charge in [-0.3, -0.25) is 9.69 Å². The number of hydrogen-bond acceptors (Lipinski definition) is 5. The average Bonchev–Trinajstić information content (AvgIpc) is 3.16. The number of fused-ring (bicyclic) bond motifs is 1. The van der Waals surface area contributed by atoms with Gasteiger partial charge in [-0.15, -0.1) is 0 Å². The lowest BCUT2D eigenvalue weighted by atomic mass is 9.98. The predicted octanol–water partition coefficient (Wildman–Crippen LogP) is 2.01. The van der Waals surface area contributed by atoms with E-state index in [1.807, 2.05) is 6.07 Å². The van der Waals surface area contributed by atoms with Crippen molar-refractivity contribution in [2.24, 2.45) is 0 Å². The Balaban J connectivity index is 1.79.